The Kier molecular flexibility index (Phi) is 30.1. The predicted octanol–water partition coefficient (Wildman–Crippen LogP) is 11.7. The number of unbranched alkanes of at least 4 members (excludes halogenated alkanes) is 2. The fraction of sp³-hybridized carbons (Fsp3) is 0.535. The number of aryl methyl sites for hydroxylation is 1. The van der Waals surface area contributed by atoms with Crippen molar-refractivity contribution in [1.29, 1.82) is 0 Å². The van der Waals surface area contributed by atoms with Gasteiger partial charge in [-0.25, -0.2) is 21.8 Å². The first-order valence-corrected chi connectivity index (χ1v) is 45.6. The molecule has 0 saturated carbocycles. The van der Waals surface area contributed by atoms with Crippen LogP contribution in [0.1, 0.15) is 138 Å². The number of aromatic nitrogens is 1. The fourth-order valence-corrected chi connectivity index (χ4v) is 20.7. The zero-order valence-electron chi connectivity index (χ0n) is 66.5. The van der Waals surface area contributed by atoms with Gasteiger partial charge in [0, 0.05) is 151 Å². The molecule has 1 aromatic heterocycles. The number of β-amino-alcohol motifs (C(OH)–C–C–N with tert-alkyl or cyclic N) is 1. The Morgan fingerprint density at radius 3 is 2.13 bits per heavy atom. The number of benzene rings is 5. The van der Waals surface area contributed by atoms with E-state index >= 15 is 0 Å². The number of amides is 4. The highest BCUT2D eigenvalue weighted by atomic mass is 35.5. The lowest BCUT2D eigenvalue weighted by Crippen LogP contribution is -2.57. The third-order valence-electron chi connectivity index (χ3n) is 22.9. The van der Waals surface area contributed by atoms with E-state index in [9.17, 15) is 45.9 Å². The van der Waals surface area contributed by atoms with Crippen LogP contribution in [0, 0.1) is 23.7 Å². The number of allylic oxidation sites excluding steroid dienone is 1. The first-order valence-electron chi connectivity index (χ1n) is 39.8. The van der Waals surface area contributed by atoms with Crippen LogP contribution in [0.25, 0.3) is 16.0 Å². The molecule has 5 aromatic carbocycles. The van der Waals surface area contributed by atoms with Gasteiger partial charge in [-0.15, -0.1) is 23.1 Å². The first-order chi connectivity index (χ1) is 53.4. The number of Topliss-reactive ketones (excluding diaryl/α,β-unsaturated/α-hetero) is 1. The zero-order valence-corrected chi connectivity index (χ0v) is 70.6. The third-order valence-corrected chi connectivity index (χ3v) is 28.2. The molecule has 5 aliphatic rings. The molecule has 4 amide bonds. The maximum Gasteiger partial charge on any atom is 0.246 e. The number of thioether (sulfide) groups is 1. The Labute approximate surface area is 677 Å². The molecule has 4 aliphatic heterocycles. The van der Waals surface area contributed by atoms with E-state index in [1.807, 2.05) is 112 Å². The smallest absolute Gasteiger partial charge is 0.246 e. The SMILES string of the molecule is Cc1ncsc1-c1ccc([C@H](C)NC(=O)[C@@H]2C[C@@H](O)CN2C(=O)[C@@H](NC(=O)CCCCCC(=O)N2CCN(CCN(C)CC3(C)CCC(c4ccc(Cl)cc4)=C(CN4CCN(c5ccc(C(=O)CS(=O)(=O)c6ccc(C[C@H](CCN7CCOCC7)CSc7ccccc7)c(S(C)(=O)=O)c6)cc5)CC4)C3)CC2)C(C)(C)C)cc1. The van der Waals surface area contributed by atoms with Gasteiger partial charge in [-0.1, -0.05) is 112 Å². The summed E-state index contributed by atoms with van der Waals surface area (Å²) in [5.74, 6) is -1.41. The van der Waals surface area contributed by atoms with E-state index in [0.717, 1.165) is 155 Å². The molecule has 0 bridgehead atoms. The number of nitrogens with one attached hydrogen (secondary N) is 2. The normalized spacial score (nSPS) is 20.1. The van der Waals surface area contributed by atoms with Crippen LogP contribution in [0.2, 0.25) is 5.02 Å². The average Bonchev–Trinajstić information content (AvgIpc) is 1.45. The number of likely N-dealkylation sites (N-methyl/N-ethyl adjacent to an activating group) is 1. The van der Waals surface area contributed by atoms with Gasteiger partial charge in [-0.3, -0.25) is 38.7 Å². The van der Waals surface area contributed by atoms with Crippen LogP contribution in [0.3, 0.4) is 0 Å². The number of rotatable bonds is 34. The van der Waals surface area contributed by atoms with Gasteiger partial charge in [0.25, 0.3) is 0 Å². The van der Waals surface area contributed by atoms with Crippen molar-refractivity contribution in [3.63, 3.8) is 0 Å². The van der Waals surface area contributed by atoms with E-state index < -0.39 is 60.7 Å². The number of morpholine rings is 1. The van der Waals surface area contributed by atoms with Crippen LogP contribution < -0.4 is 15.5 Å². The molecule has 26 heteroatoms. The summed E-state index contributed by atoms with van der Waals surface area (Å²) in [6, 6.07) is 35.6. The number of likely N-dealkylation sites (tertiary alicyclic amines) is 1. The van der Waals surface area contributed by atoms with Gasteiger partial charge in [-0.2, -0.15) is 0 Å². The highest BCUT2D eigenvalue weighted by Crippen LogP contribution is 2.44. The van der Waals surface area contributed by atoms with Crippen molar-refractivity contribution in [2.75, 3.05) is 148 Å². The highest BCUT2D eigenvalue weighted by Gasteiger charge is 2.45. The fourth-order valence-electron chi connectivity index (χ4n) is 16.4. The van der Waals surface area contributed by atoms with Crippen molar-refractivity contribution in [3.05, 3.63) is 165 Å². The number of aliphatic hydroxyl groups excluding tert-OH is 1. The number of carbonyl (C=O) groups is 5. The minimum atomic E-state index is -4.22. The maximum absolute atomic E-state index is 14.3. The molecule has 21 nitrogen and oxygen atoms in total. The van der Waals surface area contributed by atoms with Gasteiger partial charge in [0.05, 0.1) is 51.2 Å². The standard InChI is InChI=1S/C86H115ClN10O11S4/c1-61(64-19-21-67(22-20-64)81-62(2)88-60-110-81)89-83(102)76-52-72(98)56-97(76)84(103)82(85(3,4)5)90-79(100)17-13-10-14-18-80(101)96-45-39-93(40-46-96)38-37-91(7)59-86(6)35-33-75(65-23-28-70(87)29-24-65)69(54-86)55-94-41-43-95(44-42-94)71-30-25-66(26-31-71)77(99)58-112(106,107)74-32-27-68(78(53-74)111(8,104)105)51-63(34-36-92-47-49-108-50-48-92)57-109-73-15-11-9-12-16-73/h9,11-12,15-16,19-32,53,60-61,63,72,76,82,98H,10,13-14,17-18,33-52,54-59H2,1-8H3,(H,89,102)(H,90,100)/t61-,63-,72+,76-,82+,86?/m0/s1. The lowest BCUT2D eigenvalue weighted by molar-refractivity contribution is -0.144. The van der Waals surface area contributed by atoms with E-state index in [1.165, 1.54) is 33.7 Å². The predicted molar refractivity (Wildman–Crippen MR) is 448 cm³/mol. The second-order valence-corrected chi connectivity index (χ2v) is 39.3. The molecular formula is C86H115ClN10O11S4. The number of nitrogens with zero attached hydrogens (tertiary/aromatic N) is 8. The van der Waals surface area contributed by atoms with Crippen molar-refractivity contribution in [3.8, 4) is 10.4 Å². The van der Waals surface area contributed by atoms with E-state index in [1.54, 1.807) is 41.3 Å². The number of piperazine rings is 2. The molecule has 1 unspecified atom stereocenters. The third kappa shape index (κ3) is 23.9. The average molecular weight is 1630 g/mol. The van der Waals surface area contributed by atoms with Crippen LogP contribution in [0.4, 0.5) is 5.69 Å². The highest BCUT2D eigenvalue weighted by molar-refractivity contribution is 7.99. The topological polar surface area (TPSA) is 243 Å². The molecule has 6 aromatic rings. The van der Waals surface area contributed by atoms with Crippen LogP contribution in [-0.4, -0.2) is 247 Å². The van der Waals surface area contributed by atoms with Gasteiger partial charge in [0.15, 0.2) is 25.5 Å². The minimum Gasteiger partial charge on any atom is -0.391 e. The van der Waals surface area contributed by atoms with Gasteiger partial charge in [-0.05, 0) is 178 Å². The molecule has 5 heterocycles. The Morgan fingerprint density at radius 2 is 1.46 bits per heavy atom. The number of thiazole rings is 1. The number of halogens is 1. The van der Waals surface area contributed by atoms with E-state index in [0.29, 0.717) is 69.0 Å². The van der Waals surface area contributed by atoms with Crippen LogP contribution in [-0.2, 0) is 50.0 Å². The second kappa shape index (κ2) is 39.2. The summed E-state index contributed by atoms with van der Waals surface area (Å²) in [5.41, 5.74) is 9.93. The molecule has 3 N–H and O–H groups in total. The van der Waals surface area contributed by atoms with E-state index in [2.05, 4.69) is 78.4 Å². The summed E-state index contributed by atoms with van der Waals surface area (Å²) < 4.78 is 60.4. The molecule has 11 rings (SSSR count). The summed E-state index contributed by atoms with van der Waals surface area (Å²) in [5, 5.41) is 17.5. The zero-order chi connectivity index (χ0) is 79.9. The number of aliphatic hydroxyl groups is 1. The summed E-state index contributed by atoms with van der Waals surface area (Å²) in [6.07, 6.45) is 7.07. The van der Waals surface area contributed by atoms with Gasteiger partial charge >= 0.3 is 0 Å². The molecule has 6 atom stereocenters. The lowest BCUT2D eigenvalue weighted by atomic mass is 9.71. The summed E-state index contributed by atoms with van der Waals surface area (Å²) in [4.78, 5) is 90.8. The van der Waals surface area contributed by atoms with Crippen LogP contribution >= 0.6 is 34.7 Å². The first kappa shape index (κ1) is 86.0. The second-order valence-electron chi connectivity index (χ2n) is 32.9. The molecule has 4 saturated heterocycles. The molecule has 1 aliphatic carbocycles. The monoisotopic (exact) mass is 1630 g/mol. The molecule has 0 spiro atoms. The Hall–Kier alpha value is -6.88. The summed E-state index contributed by atoms with van der Waals surface area (Å²) in [7, 11) is -5.84. The number of hydrogen-bond acceptors (Lipinski definition) is 19. The van der Waals surface area contributed by atoms with Crippen molar-refractivity contribution >= 4 is 95.0 Å². The number of carbonyl (C=O) groups excluding carboxylic acids is 5. The maximum atomic E-state index is 14.3. The lowest BCUT2D eigenvalue weighted by Gasteiger charge is -2.42. The molecule has 0 radical (unpaired) electrons. The number of ketones is 1. The Morgan fingerprint density at radius 1 is 0.795 bits per heavy atom. The molecule has 606 valence electrons. The van der Waals surface area contributed by atoms with Crippen molar-refractivity contribution in [2.45, 2.75) is 151 Å². The summed E-state index contributed by atoms with van der Waals surface area (Å²) >= 11 is 9.73. The van der Waals surface area contributed by atoms with E-state index in [-0.39, 0.29) is 69.8 Å². The molecule has 112 heavy (non-hydrogen) atoms. The molecular weight excluding hydrogens is 1510 g/mol. The molecule has 4 fully saturated rings. The van der Waals surface area contributed by atoms with Crippen molar-refractivity contribution < 1.29 is 50.7 Å². The Balaban J connectivity index is 0.598. The number of ether oxygens (including phenoxy) is 1. The van der Waals surface area contributed by atoms with Gasteiger partial charge in [0.1, 0.15) is 17.8 Å². The van der Waals surface area contributed by atoms with Crippen molar-refractivity contribution in [2.24, 2.45) is 16.7 Å². The quantitative estimate of drug-likeness (QED) is 0.0193. The number of sulfone groups is 2. The largest absolute Gasteiger partial charge is 0.391 e. The van der Waals surface area contributed by atoms with Crippen molar-refractivity contribution in [1.82, 2.24) is 45.0 Å². The van der Waals surface area contributed by atoms with Crippen LogP contribution in [0.5, 0.6) is 0 Å². The summed E-state index contributed by atoms with van der Waals surface area (Å²) in [6.45, 7) is 25.6. The van der Waals surface area contributed by atoms with Crippen LogP contribution in [0.15, 0.2) is 147 Å². The van der Waals surface area contributed by atoms with Gasteiger partial charge < -0.3 is 40.1 Å². The van der Waals surface area contributed by atoms with E-state index in [4.69, 9.17) is 16.3 Å². The van der Waals surface area contributed by atoms with Gasteiger partial charge in [0.2, 0.25) is 23.6 Å². The number of anilines is 1. The minimum absolute atomic E-state index is 0.0103. The number of hydrogen-bond donors (Lipinski definition) is 3. The Bertz CT molecular complexity index is 4450.